The van der Waals surface area contributed by atoms with Gasteiger partial charge in [-0.05, 0) is 76.7 Å². The number of methoxy groups -OCH3 is 1. The molecule has 0 aliphatic rings. The molecular weight excluding hydrogens is 465 g/mol. The first kappa shape index (κ1) is 18.4. The summed E-state index contributed by atoms with van der Waals surface area (Å²) in [6.07, 6.45) is 7.19. The van der Waals surface area contributed by atoms with E-state index in [4.69, 9.17) is 9.72 Å². The number of aromatic nitrogens is 3. The zero-order valence-corrected chi connectivity index (χ0v) is 17.2. The normalized spacial score (nSPS) is 11.2. The summed E-state index contributed by atoms with van der Waals surface area (Å²) in [6.45, 7) is 0. The predicted octanol–water partition coefficient (Wildman–Crippen LogP) is 4.56. The maximum absolute atomic E-state index is 13.4. The van der Waals surface area contributed by atoms with Crippen LogP contribution in [-0.4, -0.2) is 21.6 Å². The molecule has 0 unspecified atom stereocenters. The Kier molecular flexibility index (Phi) is 5.21. The number of rotatable bonds is 4. The fourth-order valence-electron chi connectivity index (χ4n) is 2.98. The summed E-state index contributed by atoms with van der Waals surface area (Å²) in [6, 6.07) is 16.9. The van der Waals surface area contributed by atoms with Crippen LogP contribution >= 0.6 is 22.6 Å². The van der Waals surface area contributed by atoms with Crippen LogP contribution in [-0.2, 0) is 0 Å². The summed E-state index contributed by atoms with van der Waals surface area (Å²) in [5.41, 5.74) is 2.08. The summed E-state index contributed by atoms with van der Waals surface area (Å²) in [5, 5.41) is 0.566. The molecule has 0 aliphatic carbocycles. The van der Waals surface area contributed by atoms with Gasteiger partial charge in [-0.2, -0.15) is 0 Å². The van der Waals surface area contributed by atoms with Crippen molar-refractivity contribution >= 4 is 45.6 Å². The number of pyridine rings is 1. The van der Waals surface area contributed by atoms with Crippen molar-refractivity contribution in [2.45, 2.75) is 0 Å². The zero-order chi connectivity index (χ0) is 19.5. The van der Waals surface area contributed by atoms with Crippen molar-refractivity contribution in [3.8, 4) is 11.4 Å². The van der Waals surface area contributed by atoms with Crippen LogP contribution in [0.2, 0.25) is 0 Å². The van der Waals surface area contributed by atoms with E-state index < -0.39 is 0 Å². The first-order valence-electron chi connectivity index (χ1n) is 8.61. The number of para-hydroxylation sites is 2. The van der Waals surface area contributed by atoms with Crippen LogP contribution < -0.4 is 10.3 Å². The van der Waals surface area contributed by atoms with E-state index in [-0.39, 0.29) is 5.56 Å². The molecule has 0 bridgehead atoms. The number of halogens is 1. The minimum absolute atomic E-state index is 0.140. The smallest absolute Gasteiger partial charge is 0.266 e. The van der Waals surface area contributed by atoms with Gasteiger partial charge in [-0.25, -0.2) is 4.98 Å². The van der Waals surface area contributed by atoms with Crippen molar-refractivity contribution in [1.29, 1.82) is 0 Å². The number of hydrogen-bond donors (Lipinski definition) is 0. The Labute approximate surface area is 175 Å². The van der Waals surface area contributed by atoms with Gasteiger partial charge in [0.1, 0.15) is 11.6 Å². The summed E-state index contributed by atoms with van der Waals surface area (Å²) in [5.74, 6) is 1.12. The molecule has 0 aliphatic heterocycles. The van der Waals surface area contributed by atoms with Crippen molar-refractivity contribution in [2.75, 3.05) is 7.11 Å². The van der Waals surface area contributed by atoms with E-state index in [9.17, 15) is 4.79 Å². The van der Waals surface area contributed by atoms with E-state index in [1.807, 2.05) is 66.7 Å². The summed E-state index contributed by atoms with van der Waals surface area (Å²) >= 11 is 2.20. The third kappa shape index (κ3) is 3.55. The second-order valence-corrected chi connectivity index (χ2v) is 7.31. The quantitative estimate of drug-likeness (QED) is 0.401. The topological polar surface area (TPSA) is 57.0 Å². The molecule has 0 saturated carbocycles. The average Bonchev–Trinajstić information content (AvgIpc) is 2.73. The summed E-state index contributed by atoms with van der Waals surface area (Å²) in [7, 11) is 1.59. The van der Waals surface area contributed by atoms with Crippen LogP contribution in [0.3, 0.4) is 0 Å². The van der Waals surface area contributed by atoms with Crippen molar-refractivity contribution in [2.24, 2.45) is 0 Å². The maximum atomic E-state index is 13.4. The fraction of sp³-hybridized carbons (Fsp3) is 0.0455. The molecule has 0 N–H and O–H groups in total. The summed E-state index contributed by atoms with van der Waals surface area (Å²) in [4.78, 5) is 22.3. The lowest BCUT2D eigenvalue weighted by Crippen LogP contribution is -2.23. The van der Waals surface area contributed by atoms with E-state index in [0.717, 1.165) is 9.13 Å². The Morgan fingerprint density at radius 1 is 1.07 bits per heavy atom. The maximum Gasteiger partial charge on any atom is 0.266 e. The minimum Gasteiger partial charge on any atom is -0.495 e. The predicted molar refractivity (Wildman–Crippen MR) is 120 cm³/mol. The molecule has 0 amide bonds. The van der Waals surface area contributed by atoms with Gasteiger partial charge >= 0.3 is 0 Å². The second kappa shape index (κ2) is 7.93. The average molecular weight is 481 g/mol. The highest BCUT2D eigenvalue weighted by atomic mass is 127. The monoisotopic (exact) mass is 481 g/mol. The molecule has 5 nitrogen and oxygen atoms in total. The van der Waals surface area contributed by atoms with E-state index in [1.165, 1.54) is 0 Å². The van der Waals surface area contributed by atoms with Crippen LogP contribution in [0.5, 0.6) is 5.75 Å². The molecule has 2 aromatic heterocycles. The number of nitrogens with zero attached hydrogens (tertiary/aromatic N) is 3. The molecule has 2 heterocycles. The van der Waals surface area contributed by atoms with E-state index in [1.54, 1.807) is 24.1 Å². The lowest BCUT2D eigenvalue weighted by molar-refractivity contribution is 0.412. The third-order valence-corrected chi connectivity index (χ3v) is 4.96. The molecule has 4 aromatic rings. The minimum atomic E-state index is -0.140. The molecule has 2 aromatic carbocycles. The zero-order valence-electron chi connectivity index (χ0n) is 15.0. The largest absolute Gasteiger partial charge is 0.495 e. The number of fused-ring (bicyclic) bond motifs is 1. The van der Waals surface area contributed by atoms with Gasteiger partial charge in [-0.1, -0.05) is 18.2 Å². The lowest BCUT2D eigenvalue weighted by atomic mass is 10.2. The van der Waals surface area contributed by atoms with Gasteiger partial charge in [-0.3, -0.25) is 14.3 Å². The molecule has 28 heavy (non-hydrogen) atoms. The van der Waals surface area contributed by atoms with Gasteiger partial charge in [0.2, 0.25) is 0 Å². The molecule has 0 spiro atoms. The Balaban J connectivity index is 2.01. The highest BCUT2D eigenvalue weighted by Gasteiger charge is 2.14. The Morgan fingerprint density at radius 3 is 2.71 bits per heavy atom. The first-order valence-corrected chi connectivity index (χ1v) is 9.69. The standard InChI is InChI=1S/C22H16IN3O2/c1-28-20-7-3-2-6-19(20)26-21(11-8-15-5-4-12-24-14-15)25-18-10-9-16(23)13-17(18)22(26)27/h2-14H,1H3/b11-8+. The SMILES string of the molecule is COc1ccccc1-n1c(/C=C/c2cccnc2)nc2ccc(I)cc2c1=O. The molecule has 0 atom stereocenters. The van der Waals surface area contributed by atoms with Crippen LogP contribution in [0.4, 0.5) is 0 Å². The Morgan fingerprint density at radius 2 is 1.93 bits per heavy atom. The van der Waals surface area contributed by atoms with Crippen molar-refractivity contribution in [1.82, 2.24) is 14.5 Å². The number of ether oxygens (including phenoxy) is 1. The lowest BCUT2D eigenvalue weighted by Gasteiger charge is -2.14. The summed E-state index contributed by atoms with van der Waals surface area (Å²) < 4.78 is 8.05. The number of hydrogen-bond acceptors (Lipinski definition) is 4. The molecule has 0 saturated heterocycles. The van der Waals surface area contributed by atoms with Gasteiger partial charge in [0.05, 0.1) is 23.7 Å². The van der Waals surface area contributed by atoms with Gasteiger partial charge < -0.3 is 4.74 Å². The molecule has 4 rings (SSSR count). The second-order valence-electron chi connectivity index (χ2n) is 6.06. The number of benzene rings is 2. The molecular formula is C22H16IN3O2. The van der Waals surface area contributed by atoms with Crippen molar-refractivity contribution in [3.05, 3.63) is 92.3 Å². The van der Waals surface area contributed by atoms with E-state index in [2.05, 4.69) is 27.6 Å². The molecule has 0 radical (unpaired) electrons. The van der Waals surface area contributed by atoms with Gasteiger partial charge in [0.15, 0.2) is 0 Å². The van der Waals surface area contributed by atoms with Crippen molar-refractivity contribution < 1.29 is 4.74 Å². The van der Waals surface area contributed by atoms with Crippen LogP contribution in [0.1, 0.15) is 11.4 Å². The van der Waals surface area contributed by atoms with E-state index >= 15 is 0 Å². The molecule has 138 valence electrons. The molecule has 0 fully saturated rings. The third-order valence-electron chi connectivity index (χ3n) is 4.29. The van der Waals surface area contributed by atoms with Crippen LogP contribution in [0.25, 0.3) is 28.7 Å². The molecule has 6 heteroatoms. The highest BCUT2D eigenvalue weighted by Crippen LogP contribution is 2.24. The van der Waals surface area contributed by atoms with Crippen LogP contribution in [0.15, 0.2) is 71.8 Å². The first-order chi connectivity index (χ1) is 13.7. The Hall–Kier alpha value is -3.00. The van der Waals surface area contributed by atoms with E-state index in [0.29, 0.717) is 28.2 Å². The Bertz CT molecular complexity index is 1230. The fourth-order valence-corrected chi connectivity index (χ4v) is 3.47. The highest BCUT2D eigenvalue weighted by molar-refractivity contribution is 14.1. The van der Waals surface area contributed by atoms with Gasteiger partial charge in [-0.15, -0.1) is 0 Å². The van der Waals surface area contributed by atoms with Crippen LogP contribution in [0, 0.1) is 3.57 Å². The van der Waals surface area contributed by atoms with Gasteiger partial charge in [0, 0.05) is 16.0 Å². The van der Waals surface area contributed by atoms with Gasteiger partial charge in [0.25, 0.3) is 5.56 Å². The van der Waals surface area contributed by atoms with Crippen molar-refractivity contribution in [3.63, 3.8) is 0 Å².